The molecule has 0 saturated carbocycles. The Kier molecular flexibility index (Phi) is 5.92. The Morgan fingerprint density at radius 3 is 2.32 bits per heavy atom. The number of nitrogens with one attached hydrogen (secondary N) is 1. The molecule has 8 heteroatoms. The third kappa shape index (κ3) is 4.55. The quantitative estimate of drug-likeness (QED) is 0.395. The highest BCUT2D eigenvalue weighted by atomic mass is 32.2. The first-order chi connectivity index (χ1) is 15.0. The molecule has 6 nitrogen and oxygen atoms in total. The fourth-order valence-electron chi connectivity index (χ4n) is 3.08. The van der Waals surface area contributed by atoms with Crippen LogP contribution in [0, 0.1) is 0 Å². The molecule has 0 aliphatic heterocycles. The van der Waals surface area contributed by atoms with Gasteiger partial charge in [-0.1, -0.05) is 48.5 Å². The van der Waals surface area contributed by atoms with E-state index < -0.39 is 16.0 Å². The number of methoxy groups -OCH3 is 1. The molecule has 4 aromatic rings. The van der Waals surface area contributed by atoms with Gasteiger partial charge in [0.25, 0.3) is 10.0 Å². The predicted molar refractivity (Wildman–Crippen MR) is 121 cm³/mol. The van der Waals surface area contributed by atoms with Gasteiger partial charge in [-0.3, -0.25) is 4.72 Å². The van der Waals surface area contributed by atoms with E-state index in [4.69, 9.17) is 9.47 Å². The van der Waals surface area contributed by atoms with E-state index in [2.05, 4.69) is 4.72 Å². The van der Waals surface area contributed by atoms with Crippen LogP contribution in [0.4, 0.5) is 5.69 Å². The van der Waals surface area contributed by atoms with Gasteiger partial charge in [0.2, 0.25) is 0 Å². The number of sulfonamides is 1. The zero-order valence-electron chi connectivity index (χ0n) is 16.6. The van der Waals surface area contributed by atoms with Crippen molar-refractivity contribution in [2.75, 3.05) is 11.8 Å². The van der Waals surface area contributed by atoms with Gasteiger partial charge in [0.05, 0.1) is 7.11 Å². The lowest BCUT2D eigenvalue weighted by Gasteiger charge is -2.11. The Morgan fingerprint density at radius 1 is 0.935 bits per heavy atom. The normalized spacial score (nSPS) is 11.3. The number of benzene rings is 3. The molecule has 0 aliphatic rings. The van der Waals surface area contributed by atoms with Crippen molar-refractivity contribution in [1.82, 2.24) is 0 Å². The van der Waals surface area contributed by atoms with Crippen molar-refractivity contribution in [1.29, 1.82) is 0 Å². The number of esters is 1. The standard InChI is InChI=1S/C23H19NO5S2/c1-28-23(25)21-22(19-9-5-6-10-20(19)30-21)31(26,27)24-17-11-13-18(14-12-17)29-15-16-7-3-2-4-8-16/h2-14,24H,15H2,1H3. The molecular weight excluding hydrogens is 434 g/mol. The van der Waals surface area contributed by atoms with Crippen molar-refractivity contribution in [3.05, 3.63) is 89.3 Å². The number of ether oxygens (including phenoxy) is 2. The third-order valence-electron chi connectivity index (χ3n) is 4.54. The molecule has 0 atom stereocenters. The summed E-state index contributed by atoms with van der Waals surface area (Å²) in [6.45, 7) is 0.412. The highest BCUT2D eigenvalue weighted by molar-refractivity contribution is 7.93. The molecule has 0 amide bonds. The Labute approximate surface area is 184 Å². The van der Waals surface area contributed by atoms with Crippen LogP contribution in [0.25, 0.3) is 10.1 Å². The molecule has 0 fully saturated rings. The maximum atomic E-state index is 13.2. The van der Waals surface area contributed by atoms with E-state index in [-0.39, 0.29) is 9.77 Å². The summed E-state index contributed by atoms with van der Waals surface area (Å²) >= 11 is 1.09. The van der Waals surface area contributed by atoms with E-state index in [1.807, 2.05) is 30.3 Å². The molecule has 31 heavy (non-hydrogen) atoms. The maximum Gasteiger partial charge on any atom is 0.349 e. The molecule has 0 bridgehead atoms. The van der Waals surface area contributed by atoms with Crippen LogP contribution in [-0.4, -0.2) is 21.5 Å². The first-order valence-electron chi connectivity index (χ1n) is 9.37. The minimum absolute atomic E-state index is 0.0408. The minimum atomic E-state index is -4.03. The number of anilines is 1. The van der Waals surface area contributed by atoms with Gasteiger partial charge in [0, 0.05) is 15.8 Å². The topological polar surface area (TPSA) is 81.7 Å². The number of rotatable bonds is 7. The molecule has 1 aromatic heterocycles. The summed E-state index contributed by atoms with van der Waals surface area (Å²) in [5.74, 6) is -0.0748. The number of hydrogen-bond acceptors (Lipinski definition) is 6. The Bertz CT molecular complexity index is 1310. The van der Waals surface area contributed by atoms with Gasteiger partial charge in [-0.2, -0.15) is 0 Å². The second-order valence-electron chi connectivity index (χ2n) is 6.65. The van der Waals surface area contributed by atoms with Crippen molar-refractivity contribution < 1.29 is 22.7 Å². The molecule has 0 radical (unpaired) electrons. The lowest BCUT2D eigenvalue weighted by Crippen LogP contribution is -2.16. The van der Waals surface area contributed by atoms with E-state index in [1.165, 1.54) is 7.11 Å². The number of carbonyl (C=O) groups is 1. The molecule has 0 unspecified atom stereocenters. The summed E-state index contributed by atoms with van der Waals surface area (Å²) in [4.78, 5) is 12.2. The van der Waals surface area contributed by atoms with Crippen molar-refractivity contribution in [3.8, 4) is 5.75 Å². The SMILES string of the molecule is COC(=O)c1sc2ccccc2c1S(=O)(=O)Nc1ccc(OCc2ccccc2)cc1. The largest absolute Gasteiger partial charge is 0.489 e. The maximum absolute atomic E-state index is 13.2. The molecule has 3 aromatic carbocycles. The van der Waals surface area contributed by atoms with E-state index in [0.717, 1.165) is 16.9 Å². The second-order valence-corrected chi connectivity index (χ2v) is 9.32. The molecule has 158 valence electrons. The zero-order chi connectivity index (χ0) is 21.8. The summed E-state index contributed by atoms with van der Waals surface area (Å²) in [5.41, 5.74) is 1.39. The molecule has 0 aliphatic carbocycles. The first kappa shape index (κ1) is 20.9. The Morgan fingerprint density at radius 2 is 1.61 bits per heavy atom. The van der Waals surface area contributed by atoms with Crippen molar-refractivity contribution in [3.63, 3.8) is 0 Å². The van der Waals surface area contributed by atoms with E-state index in [9.17, 15) is 13.2 Å². The molecule has 1 N–H and O–H groups in total. The second kappa shape index (κ2) is 8.79. The summed E-state index contributed by atoms with van der Waals surface area (Å²) in [6.07, 6.45) is 0. The lowest BCUT2D eigenvalue weighted by atomic mass is 10.2. The highest BCUT2D eigenvalue weighted by Gasteiger charge is 2.29. The van der Waals surface area contributed by atoms with Gasteiger partial charge < -0.3 is 9.47 Å². The molecule has 4 rings (SSSR count). The fourth-order valence-corrected chi connectivity index (χ4v) is 5.96. The molecule has 0 saturated heterocycles. The van der Waals surface area contributed by atoms with Crippen LogP contribution in [0.5, 0.6) is 5.75 Å². The van der Waals surface area contributed by atoms with Gasteiger partial charge in [-0.15, -0.1) is 11.3 Å². The summed E-state index contributed by atoms with van der Waals surface area (Å²) in [7, 11) is -2.80. The number of hydrogen-bond donors (Lipinski definition) is 1. The molecule has 1 heterocycles. The lowest BCUT2D eigenvalue weighted by molar-refractivity contribution is 0.0602. The van der Waals surface area contributed by atoms with Gasteiger partial charge in [0.15, 0.2) is 0 Å². The number of carbonyl (C=O) groups excluding carboxylic acids is 1. The van der Waals surface area contributed by atoms with Gasteiger partial charge in [0.1, 0.15) is 22.1 Å². The van der Waals surface area contributed by atoms with Crippen LogP contribution in [-0.2, 0) is 21.4 Å². The minimum Gasteiger partial charge on any atom is -0.489 e. The number of thiophene rings is 1. The summed E-state index contributed by atoms with van der Waals surface area (Å²) < 4.78 is 40.1. The van der Waals surface area contributed by atoms with Crippen molar-refractivity contribution in [2.45, 2.75) is 11.5 Å². The van der Waals surface area contributed by atoms with Crippen molar-refractivity contribution >= 4 is 43.1 Å². The van der Waals surface area contributed by atoms with Crippen molar-refractivity contribution in [2.24, 2.45) is 0 Å². The van der Waals surface area contributed by atoms with Gasteiger partial charge in [-0.25, -0.2) is 13.2 Å². The average molecular weight is 454 g/mol. The van der Waals surface area contributed by atoms with Crippen LogP contribution in [0.15, 0.2) is 83.8 Å². The highest BCUT2D eigenvalue weighted by Crippen LogP contribution is 2.36. The Hall–Kier alpha value is -3.36. The van der Waals surface area contributed by atoms with E-state index >= 15 is 0 Å². The predicted octanol–water partition coefficient (Wildman–Crippen LogP) is 5.07. The Balaban J connectivity index is 1.57. The third-order valence-corrected chi connectivity index (χ3v) is 7.29. The molecule has 0 spiro atoms. The van der Waals surface area contributed by atoms with Gasteiger partial charge >= 0.3 is 5.97 Å². The van der Waals surface area contributed by atoms with Gasteiger partial charge in [-0.05, 0) is 35.9 Å². The van der Waals surface area contributed by atoms with Crippen LogP contribution < -0.4 is 9.46 Å². The van der Waals surface area contributed by atoms with Crippen LogP contribution in [0.3, 0.4) is 0 Å². The average Bonchev–Trinajstić information content (AvgIpc) is 3.19. The number of fused-ring (bicyclic) bond motifs is 1. The van der Waals surface area contributed by atoms with Crippen LogP contribution in [0.2, 0.25) is 0 Å². The van der Waals surface area contributed by atoms with Crippen LogP contribution >= 0.6 is 11.3 Å². The summed E-state index contributed by atoms with van der Waals surface area (Å²) in [5, 5.41) is 0.475. The monoisotopic (exact) mass is 453 g/mol. The smallest absolute Gasteiger partial charge is 0.349 e. The summed E-state index contributed by atoms with van der Waals surface area (Å²) in [6, 6.07) is 23.3. The van der Waals surface area contributed by atoms with E-state index in [1.54, 1.807) is 48.5 Å². The molecular formula is C23H19NO5S2. The zero-order valence-corrected chi connectivity index (χ0v) is 18.2. The van der Waals surface area contributed by atoms with Crippen LogP contribution in [0.1, 0.15) is 15.2 Å². The fraction of sp³-hybridized carbons (Fsp3) is 0.0870. The van der Waals surface area contributed by atoms with E-state index in [0.29, 0.717) is 28.1 Å². The first-order valence-corrected chi connectivity index (χ1v) is 11.7.